The fourth-order valence-corrected chi connectivity index (χ4v) is 4.66. The van der Waals surface area contributed by atoms with Crippen molar-refractivity contribution in [1.29, 1.82) is 0 Å². The maximum Gasteiger partial charge on any atom is 0.242 e. The molecule has 1 N–H and O–H groups in total. The Kier molecular flexibility index (Phi) is 7.74. The summed E-state index contributed by atoms with van der Waals surface area (Å²) in [7, 11) is -5.72. The van der Waals surface area contributed by atoms with Gasteiger partial charge in [-0.25, -0.2) is 21.1 Å². The number of hydrogen-bond acceptors (Lipinski definition) is 6. The fraction of sp³-hybridized carbons (Fsp3) is 0.333. The SMILES string of the molecule is CC(=O)c1ccc(S(=O)(=O)N(C)CCCC(=O)Nc2cc(S(C)(=O)=O)ccc2C)cc1. The van der Waals surface area contributed by atoms with Gasteiger partial charge in [0.2, 0.25) is 15.9 Å². The standard InChI is InChI=1S/C21H26N2O6S2/c1-15-7-10-19(30(4,26)27)14-20(15)22-21(25)6-5-13-23(3)31(28,29)18-11-8-17(9-12-18)16(2)24/h7-12,14H,5-6,13H2,1-4H3,(H,22,25). The van der Waals surface area contributed by atoms with Gasteiger partial charge >= 0.3 is 0 Å². The van der Waals surface area contributed by atoms with Crippen LogP contribution in [0.25, 0.3) is 0 Å². The van der Waals surface area contributed by atoms with Gasteiger partial charge in [0.25, 0.3) is 0 Å². The number of ketones is 1. The minimum atomic E-state index is -3.74. The van der Waals surface area contributed by atoms with E-state index < -0.39 is 19.9 Å². The third-order valence-corrected chi connectivity index (χ3v) is 7.74. The third-order valence-electron chi connectivity index (χ3n) is 4.76. The van der Waals surface area contributed by atoms with Crippen LogP contribution in [0.5, 0.6) is 0 Å². The van der Waals surface area contributed by atoms with E-state index in [-0.39, 0.29) is 40.9 Å². The molecule has 1 amide bonds. The molecule has 2 aromatic rings. The van der Waals surface area contributed by atoms with E-state index in [2.05, 4.69) is 5.32 Å². The summed E-state index contributed by atoms with van der Waals surface area (Å²) in [6, 6.07) is 10.2. The largest absolute Gasteiger partial charge is 0.326 e. The highest BCUT2D eigenvalue weighted by Crippen LogP contribution is 2.21. The number of rotatable bonds is 9. The zero-order chi connectivity index (χ0) is 23.4. The van der Waals surface area contributed by atoms with E-state index in [1.54, 1.807) is 13.0 Å². The van der Waals surface area contributed by atoms with Crippen LogP contribution in [0.15, 0.2) is 52.3 Å². The Morgan fingerprint density at radius 3 is 2.10 bits per heavy atom. The molecule has 168 valence electrons. The van der Waals surface area contributed by atoms with Gasteiger partial charge < -0.3 is 5.32 Å². The van der Waals surface area contributed by atoms with Gasteiger partial charge in [-0.1, -0.05) is 18.2 Å². The molecule has 0 aliphatic carbocycles. The van der Waals surface area contributed by atoms with Crippen LogP contribution in [0.4, 0.5) is 5.69 Å². The van der Waals surface area contributed by atoms with E-state index in [0.717, 1.165) is 16.1 Å². The van der Waals surface area contributed by atoms with Crippen LogP contribution in [0.1, 0.15) is 35.7 Å². The molecule has 0 fully saturated rings. The van der Waals surface area contributed by atoms with E-state index >= 15 is 0 Å². The van der Waals surface area contributed by atoms with Crippen molar-refractivity contribution < 1.29 is 26.4 Å². The molecular formula is C21H26N2O6S2. The summed E-state index contributed by atoms with van der Waals surface area (Å²) in [6.07, 6.45) is 1.43. The molecule has 0 saturated heterocycles. The maximum atomic E-state index is 12.6. The van der Waals surface area contributed by atoms with Gasteiger partial charge in [-0.2, -0.15) is 0 Å². The summed E-state index contributed by atoms with van der Waals surface area (Å²) < 4.78 is 49.8. The molecule has 31 heavy (non-hydrogen) atoms. The first-order valence-electron chi connectivity index (χ1n) is 9.50. The quantitative estimate of drug-likeness (QED) is 0.568. The molecule has 0 unspecified atom stereocenters. The van der Waals surface area contributed by atoms with E-state index in [9.17, 15) is 26.4 Å². The minimum absolute atomic E-state index is 0.0612. The second-order valence-corrected chi connectivity index (χ2v) is 11.4. The van der Waals surface area contributed by atoms with Crippen molar-refractivity contribution in [3.63, 3.8) is 0 Å². The Labute approximate surface area is 183 Å². The van der Waals surface area contributed by atoms with Crippen molar-refractivity contribution in [3.05, 3.63) is 53.6 Å². The lowest BCUT2D eigenvalue weighted by atomic mass is 10.2. The Morgan fingerprint density at radius 2 is 1.55 bits per heavy atom. The average Bonchev–Trinajstić information content (AvgIpc) is 2.68. The predicted molar refractivity (Wildman–Crippen MR) is 118 cm³/mol. The van der Waals surface area contributed by atoms with Gasteiger partial charge in [0.05, 0.1) is 9.79 Å². The lowest BCUT2D eigenvalue weighted by molar-refractivity contribution is -0.116. The zero-order valence-corrected chi connectivity index (χ0v) is 19.5. The van der Waals surface area contributed by atoms with E-state index in [0.29, 0.717) is 11.3 Å². The summed E-state index contributed by atoms with van der Waals surface area (Å²) in [5.41, 5.74) is 1.54. The number of amides is 1. The lowest BCUT2D eigenvalue weighted by Gasteiger charge is -2.17. The van der Waals surface area contributed by atoms with E-state index in [1.165, 1.54) is 50.4 Å². The van der Waals surface area contributed by atoms with Gasteiger partial charge in [0.15, 0.2) is 15.6 Å². The molecule has 8 nitrogen and oxygen atoms in total. The minimum Gasteiger partial charge on any atom is -0.326 e. The number of carbonyl (C=O) groups is 2. The number of benzene rings is 2. The van der Waals surface area contributed by atoms with E-state index in [4.69, 9.17) is 0 Å². The molecule has 0 aromatic heterocycles. The molecule has 0 atom stereocenters. The molecule has 0 saturated carbocycles. The van der Waals surface area contributed by atoms with Crippen molar-refractivity contribution in [1.82, 2.24) is 4.31 Å². The van der Waals surface area contributed by atoms with Crippen molar-refractivity contribution in [2.24, 2.45) is 0 Å². The first-order chi connectivity index (χ1) is 14.3. The highest BCUT2D eigenvalue weighted by Gasteiger charge is 2.21. The second kappa shape index (κ2) is 9.71. The number of hydrogen-bond donors (Lipinski definition) is 1. The van der Waals surface area contributed by atoms with Crippen LogP contribution in [-0.2, 0) is 24.7 Å². The van der Waals surface area contributed by atoms with Crippen LogP contribution < -0.4 is 5.32 Å². The molecule has 0 aliphatic rings. The van der Waals surface area contributed by atoms with E-state index in [1.807, 2.05) is 0 Å². The molecule has 0 aliphatic heterocycles. The summed E-state index contributed by atoms with van der Waals surface area (Å²) in [5, 5.41) is 2.68. The van der Waals surface area contributed by atoms with Crippen LogP contribution in [0, 0.1) is 6.92 Å². The zero-order valence-electron chi connectivity index (χ0n) is 17.9. The molecule has 0 spiro atoms. The van der Waals surface area contributed by atoms with Gasteiger partial charge in [0, 0.05) is 37.5 Å². The van der Waals surface area contributed by atoms with Crippen molar-refractivity contribution >= 4 is 37.2 Å². The van der Waals surface area contributed by atoms with Crippen LogP contribution in [-0.4, -0.2) is 52.7 Å². The summed E-state index contributed by atoms with van der Waals surface area (Å²) in [5.74, 6) is -0.494. The summed E-state index contributed by atoms with van der Waals surface area (Å²) in [4.78, 5) is 23.8. The van der Waals surface area contributed by atoms with Crippen LogP contribution >= 0.6 is 0 Å². The van der Waals surface area contributed by atoms with Crippen molar-refractivity contribution in [2.45, 2.75) is 36.5 Å². The number of sulfone groups is 1. The van der Waals surface area contributed by atoms with Gasteiger partial charge in [0.1, 0.15) is 0 Å². The first kappa shape index (κ1) is 24.7. The number of carbonyl (C=O) groups excluding carboxylic acids is 2. The molecular weight excluding hydrogens is 440 g/mol. The van der Waals surface area contributed by atoms with Crippen molar-refractivity contribution in [2.75, 3.05) is 25.2 Å². The third kappa shape index (κ3) is 6.46. The topological polar surface area (TPSA) is 118 Å². The number of aryl methyl sites for hydroxylation is 1. The van der Waals surface area contributed by atoms with Crippen LogP contribution in [0.3, 0.4) is 0 Å². The average molecular weight is 467 g/mol. The number of anilines is 1. The lowest BCUT2D eigenvalue weighted by Crippen LogP contribution is -2.28. The van der Waals surface area contributed by atoms with Crippen molar-refractivity contribution in [3.8, 4) is 0 Å². The molecule has 0 bridgehead atoms. The number of Topliss-reactive ketones (excluding diaryl/α,β-unsaturated/α-hetero) is 1. The molecule has 2 rings (SSSR count). The van der Waals surface area contributed by atoms with Gasteiger partial charge in [-0.3, -0.25) is 9.59 Å². The normalized spacial score (nSPS) is 12.0. The Morgan fingerprint density at radius 1 is 0.968 bits per heavy atom. The maximum absolute atomic E-state index is 12.6. The highest BCUT2D eigenvalue weighted by molar-refractivity contribution is 7.90. The van der Waals surface area contributed by atoms with Crippen LogP contribution in [0.2, 0.25) is 0 Å². The van der Waals surface area contributed by atoms with Gasteiger partial charge in [-0.15, -0.1) is 0 Å². The molecule has 0 heterocycles. The number of nitrogens with one attached hydrogen (secondary N) is 1. The summed E-state index contributed by atoms with van der Waals surface area (Å²) in [6.45, 7) is 3.27. The predicted octanol–water partition coefficient (Wildman–Crippen LogP) is 2.64. The van der Waals surface area contributed by atoms with Gasteiger partial charge in [-0.05, 0) is 50.1 Å². The monoisotopic (exact) mass is 466 g/mol. The Hall–Kier alpha value is -2.56. The second-order valence-electron chi connectivity index (χ2n) is 7.31. The Balaban J connectivity index is 1.97. The number of sulfonamides is 1. The molecule has 2 aromatic carbocycles. The molecule has 10 heteroatoms. The Bertz CT molecular complexity index is 1190. The summed E-state index contributed by atoms with van der Waals surface area (Å²) >= 11 is 0. The first-order valence-corrected chi connectivity index (χ1v) is 12.8. The smallest absolute Gasteiger partial charge is 0.242 e. The number of nitrogens with zero attached hydrogens (tertiary/aromatic N) is 1. The highest BCUT2D eigenvalue weighted by atomic mass is 32.2. The fourth-order valence-electron chi connectivity index (χ4n) is 2.80. The molecule has 0 radical (unpaired) electrons.